The van der Waals surface area contributed by atoms with Gasteiger partial charge < -0.3 is 10.1 Å². The van der Waals surface area contributed by atoms with Crippen molar-refractivity contribution in [3.8, 4) is 5.75 Å². The van der Waals surface area contributed by atoms with Crippen LogP contribution in [-0.4, -0.2) is 36.2 Å². The maximum atomic E-state index is 14.2. The number of rotatable bonds is 5. The van der Waals surface area contributed by atoms with Gasteiger partial charge in [-0.3, -0.25) is 0 Å². The topological polar surface area (TPSA) is 21.3 Å². The molecule has 1 aromatic rings. The van der Waals surface area contributed by atoms with Crippen molar-refractivity contribution in [3.05, 3.63) is 29.6 Å². The van der Waals surface area contributed by atoms with Crippen molar-refractivity contribution in [2.75, 3.05) is 30.9 Å². The van der Waals surface area contributed by atoms with Gasteiger partial charge in [0.25, 0.3) is 0 Å². The van der Waals surface area contributed by atoms with Crippen LogP contribution in [0.1, 0.15) is 18.5 Å². The highest BCUT2D eigenvalue weighted by Gasteiger charge is 2.27. The van der Waals surface area contributed by atoms with E-state index >= 15 is 0 Å². The highest BCUT2D eigenvalue weighted by molar-refractivity contribution is 8.06. The lowest BCUT2D eigenvalue weighted by Gasteiger charge is -2.30. The minimum Gasteiger partial charge on any atom is -0.497 e. The van der Waals surface area contributed by atoms with Gasteiger partial charge in [-0.1, -0.05) is 13.0 Å². The van der Waals surface area contributed by atoms with Crippen LogP contribution in [-0.2, 0) is 0 Å². The van der Waals surface area contributed by atoms with Crippen molar-refractivity contribution in [2.45, 2.75) is 18.2 Å². The molecule has 1 N–H and O–H groups in total. The number of methoxy groups -OCH3 is 1. The number of benzene rings is 1. The predicted octanol–water partition coefficient (Wildman–Crippen LogP) is 3.33. The summed E-state index contributed by atoms with van der Waals surface area (Å²) in [4.78, 5) is 0. The zero-order valence-corrected chi connectivity index (χ0v) is 13.0. The van der Waals surface area contributed by atoms with Crippen molar-refractivity contribution in [1.82, 2.24) is 5.32 Å². The van der Waals surface area contributed by atoms with Crippen molar-refractivity contribution in [1.29, 1.82) is 0 Å². The monoisotopic (exact) mass is 301 g/mol. The SMILES string of the molecule is CCNC(c1ccc(OC)cc1F)C1CSCCS1. The molecule has 19 heavy (non-hydrogen) atoms. The maximum absolute atomic E-state index is 14.2. The second kappa shape index (κ2) is 7.41. The van der Waals surface area contributed by atoms with Crippen LogP contribution in [0, 0.1) is 5.82 Å². The molecule has 0 bridgehead atoms. The van der Waals surface area contributed by atoms with E-state index < -0.39 is 0 Å². The first-order valence-corrected chi connectivity index (χ1v) is 8.72. The Hall–Kier alpha value is -0.390. The van der Waals surface area contributed by atoms with E-state index in [1.165, 1.54) is 11.8 Å². The molecule has 2 rings (SSSR count). The van der Waals surface area contributed by atoms with Gasteiger partial charge in [0.1, 0.15) is 11.6 Å². The minimum absolute atomic E-state index is 0.0775. The molecule has 1 aromatic carbocycles. The number of ether oxygens (including phenoxy) is 1. The fourth-order valence-corrected chi connectivity index (χ4v) is 5.11. The summed E-state index contributed by atoms with van der Waals surface area (Å²) in [5.74, 6) is 3.82. The molecule has 5 heteroatoms. The second-order valence-corrected chi connectivity index (χ2v) is 6.90. The fraction of sp³-hybridized carbons (Fsp3) is 0.571. The Morgan fingerprint density at radius 2 is 2.32 bits per heavy atom. The zero-order chi connectivity index (χ0) is 13.7. The molecule has 0 spiro atoms. The molecule has 106 valence electrons. The minimum atomic E-state index is -0.179. The van der Waals surface area contributed by atoms with E-state index in [4.69, 9.17) is 4.74 Å². The molecular formula is C14H20FNOS2. The Bertz CT molecular complexity index is 410. The Kier molecular flexibility index (Phi) is 5.85. The lowest BCUT2D eigenvalue weighted by atomic mass is 10.0. The van der Waals surface area contributed by atoms with E-state index in [0.29, 0.717) is 11.0 Å². The van der Waals surface area contributed by atoms with Gasteiger partial charge in [0.05, 0.1) is 7.11 Å². The highest BCUT2D eigenvalue weighted by Crippen LogP contribution is 2.35. The van der Waals surface area contributed by atoms with E-state index in [9.17, 15) is 4.39 Å². The molecule has 0 aromatic heterocycles. The van der Waals surface area contributed by atoms with E-state index in [2.05, 4.69) is 12.2 Å². The summed E-state index contributed by atoms with van der Waals surface area (Å²) >= 11 is 3.90. The molecule has 2 atom stereocenters. The summed E-state index contributed by atoms with van der Waals surface area (Å²) in [7, 11) is 1.56. The van der Waals surface area contributed by atoms with Crippen LogP contribution < -0.4 is 10.1 Å². The Labute approximate surface area is 122 Å². The average Bonchev–Trinajstić information content (AvgIpc) is 2.46. The van der Waals surface area contributed by atoms with E-state index in [1.807, 2.05) is 35.7 Å². The lowest BCUT2D eigenvalue weighted by Crippen LogP contribution is -2.34. The van der Waals surface area contributed by atoms with Crippen LogP contribution in [0.4, 0.5) is 4.39 Å². The van der Waals surface area contributed by atoms with E-state index in [0.717, 1.165) is 23.6 Å². The predicted molar refractivity (Wildman–Crippen MR) is 82.9 cm³/mol. The Balaban J connectivity index is 2.22. The summed E-state index contributed by atoms with van der Waals surface area (Å²) in [6.07, 6.45) is 0. The zero-order valence-electron chi connectivity index (χ0n) is 11.3. The highest BCUT2D eigenvalue weighted by atomic mass is 32.2. The number of halogens is 1. The van der Waals surface area contributed by atoms with Gasteiger partial charge in [0.15, 0.2) is 0 Å². The maximum Gasteiger partial charge on any atom is 0.131 e. The third-order valence-corrected chi connectivity index (χ3v) is 6.04. The van der Waals surface area contributed by atoms with E-state index in [-0.39, 0.29) is 11.9 Å². The summed E-state index contributed by atoms with van der Waals surface area (Å²) < 4.78 is 19.3. The number of thioether (sulfide) groups is 2. The fourth-order valence-electron chi connectivity index (χ4n) is 2.25. The van der Waals surface area contributed by atoms with Crippen LogP contribution in [0.5, 0.6) is 5.75 Å². The molecule has 2 nitrogen and oxygen atoms in total. The molecule has 1 aliphatic heterocycles. The van der Waals surface area contributed by atoms with Crippen molar-refractivity contribution < 1.29 is 9.13 Å². The second-order valence-electron chi connectivity index (χ2n) is 4.41. The molecule has 1 heterocycles. The van der Waals surface area contributed by atoms with Gasteiger partial charge in [-0.05, 0) is 12.6 Å². The number of nitrogens with one attached hydrogen (secondary N) is 1. The first-order chi connectivity index (χ1) is 9.26. The molecule has 2 unspecified atom stereocenters. The summed E-state index contributed by atoms with van der Waals surface area (Å²) in [6, 6.07) is 5.24. The number of hydrogen-bond acceptors (Lipinski definition) is 4. The van der Waals surface area contributed by atoms with Crippen LogP contribution in [0.2, 0.25) is 0 Å². The quantitative estimate of drug-likeness (QED) is 0.900. The van der Waals surface area contributed by atoms with Gasteiger partial charge in [-0.2, -0.15) is 23.5 Å². The first kappa shape index (κ1) is 15.0. The van der Waals surface area contributed by atoms with Crippen molar-refractivity contribution >= 4 is 23.5 Å². The van der Waals surface area contributed by atoms with Crippen LogP contribution >= 0.6 is 23.5 Å². The molecule has 1 aliphatic rings. The van der Waals surface area contributed by atoms with Gasteiger partial charge in [0, 0.05) is 40.2 Å². The van der Waals surface area contributed by atoms with Crippen LogP contribution in [0.3, 0.4) is 0 Å². The lowest BCUT2D eigenvalue weighted by molar-refractivity contribution is 0.409. The summed E-state index contributed by atoms with van der Waals surface area (Å²) in [6.45, 7) is 2.91. The smallest absolute Gasteiger partial charge is 0.131 e. The van der Waals surface area contributed by atoms with Gasteiger partial charge in [0.2, 0.25) is 0 Å². The Morgan fingerprint density at radius 1 is 1.47 bits per heavy atom. The standard InChI is InChI=1S/C14H20FNOS2/c1-3-16-14(13-9-18-6-7-19-13)11-5-4-10(17-2)8-12(11)15/h4-5,8,13-14,16H,3,6-7,9H2,1-2H3. The van der Waals surface area contributed by atoms with E-state index in [1.54, 1.807) is 7.11 Å². The molecule has 1 saturated heterocycles. The van der Waals surface area contributed by atoms with Gasteiger partial charge in [-0.25, -0.2) is 4.39 Å². The van der Waals surface area contributed by atoms with Crippen LogP contribution in [0.25, 0.3) is 0 Å². The third kappa shape index (κ3) is 3.80. The molecule has 0 aliphatic carbocycles. The van der Waals surface area contributed by atoms with Crippen molar-refractivity contribution in [3.63, 3.8) is 0 Å². The molecule has 0 amide bonds. The largest absolute Gasteiger partial charge is 0.497 e. The van der Waals surface area contributed by atoms with Gasteiger partial charge >= 0.3 is 0 Å². The molecule has 0 radical (unpaired) electrons. The van der Waals surface area contributed by atoms with Crippen LogP contribution in [0.15, 0.2) is 18.2 Å². The molecule has 1 fully saturated rings. The van der Waals surface area contributed by atoms with Crippen molar-refractivity contribution in [2.24, 2.45) is 0 Å². The average molecular weight is 301 g/mol. The summed E-state index contributed by atoms with van der Waals surface area (Å²) in [5, 5.41) is 3.86. The summed E-state index contributed by atoms with van der Waals surface area (Å²) in [5.41, 5.74) is 0.752. The molecule has 0 saturated carbocycles. The first-order valence-electron chi connectivity index (χ1n) is 6.52. The molecular weight excluding hydrogens is 281 g/mol. The van der Waals surface area contributed by atoms with Gasteiger partial charge in [-0.15, -0.1) is 0 Å². The number of hydrogen-bond donors (Lipinski definition) is 1. The normalized spacial score (nSPS) is 21.1. The Morgan fingerprint density at radius 3 is 2.89 bits per heavy atom. The third-order valence-electron chi connectivity index (χ3n) is 3.18.